The molecular formula is C11H19N3O. The van der Waals surface area contributed by atoms with Crippen LogP contribution in [0.1, 0.15) is 26.1 Å². The summed E-state index contributed by atoms with van der Waals surface area (Å²) in [4.78, 5) is 4.21. The second kappa shape index (κ2) is 5.07. The lowest BCUT2D eigenvalue weighted by molar-refractivity contribution is 0.180. The Morgan fingerprint density at radius 1 is 1.67 bits per heavy atom. The standard InChI is InChI=1S/C11H19N3O/c1-4-6-14-10(12-9-13-14)7-11(3,5-2)8-15/h5,9,15H,2,4,6-8H2,1,3H3. The molecule has 0 amide bonds. The summed E-state index contributed by atoms with van der Waals surface area (Å²) >= 11 is 0. The monoisotopic (exact) mass is 209 g/mol. The van der Waals surface area contributed by atoms with E-state index in [0.29, 0.717) is 6.42 Å². The molecule has 1 aromatic rings. The molecule has 1 heterocycles. The number of aliphatic hydroxyl groups is 1. The lowest BCUT2D eigenvalue weighted by Crippen LogP contribution is -2.23. The van der Waals surface area contributed by atoms with E-state index in [1.165, 1.54) is 0 Å². The van der Waals surface area contributed by atoms with Crippen LogP contribution in [0.15, 0.2) is 19.0 Å². The summed E-state index contributed by atoms with van der Waals surface area (Å²) in [5.41, 5.74) is -0.307. The van der Waals surface area contributed by atoms with Gasteiger partial charge in [0.2, 0.25) is 0 Å². The number of aryl methyl sites for hydroxylation is 1. The number of rotatable bonds is 6. The van der Waals surface area contributed by atoms with Crippen LogP contribution in [-0.2, 0) is 13.0 Å². The second-order valence-corrected chi connectivity index (χ2v) is 4.09. The van der Waals surface area contributed by atoms with Gasteiger partial charge in [0, 0.05) is 18.4 Å². The van der Waals surface area contributed by atoms with E-state index >= 15 is 0 Å². The zero-order chi connectivity index (χ0) is 11.3. The van der Waals surface area contributed by atoms with Gasteiger partial charge >= 0.3 is 0 Å². The van der Waals surface area contributed by atoms with E-state index in [9.17, 15) is 5.11 Å². The van der Waals surface area contributed by atoms with Gasteiger partial charge in [0.15, 0.2) is 0 Å². The minimum Gasteiger partial charge on any atom is -0.395 e. The first-order valence-corrected chi connectivity index (χ1v) is 5.26. The lowest BCUT2D eigenvalue weighted by atomic mass is 9.88. The maximum absolute atomic E-state index is 9.28. The van der Waals surface area contributed by atoms with Gasteiger partial charge in [-0.3, -0.25) is 4.68 Å². The molecular weight excluding hydrogens is 190 g/mol. The first kappa shape index (κ1) is 11.9. The number of aliphatic hydroxyl groups excluding tert-OH is 1. The Morgan fingerprint density at radius 2 is 2.40 bits per heavy atom. The molecule has 84 valence electrons. The molecule has 4 nitrogen and oxygen atoms in total. The number of hydrogen-bond acceptors (Lipinski definition) is 3. The highest BCUT2D eigenvalue weighted by Crippen LogP contribution is 2.21. The maximum Gasteiger partial charge on any atom is 0.138 e. The average molecular weight is 209 g/mol. The van der Waals surface area contributed by atoms with Crippen LogP contribution in [0.2, 0.25) is 0 Å². The largest absolute Gasteiger partial charge is 0.395 e. The van der Waals surface area contributed by atoms with Gasteiger partial charge in [0.25, 0.3) is 0 Å². The van der Waals surface area contributed by atoms with Crippen molar-refractivity contribution in [3.63, 3.8) is 0 Å². The van der Waals surface area contributed by atoms with Gasteiger partial charge in [-0.25, -0.2) is 4.98 Å². The molecule has 0 spiro atoms. The van der Waals surface area contributed by atoms with Crippen molar-refractivity contribution in [1.29, 1.82) is 0 Å². The molecule has 1 aromatic heterocycles. The van der Waals surface area contributed by atoms with Crippen LogP contribution in [0.3, 0.4) is 0 Å². The van der Waals surface area contributed by atoms with Crippen molar-refractivity contribution in [3.05, 3.63) is 24.8 Å². The van der Waals surface area contributed by atoms with Crippen LogP contribution >= 0.6 is 0 Å². The summed E-state index contributed by atoms with van der Waals surface area (Å²) < 4.78 is 1.89. The van der Waals surface area contributed by atoms with E-state index in [2.05, 4.69) is 23.6 Å². The van der Waals surface area contributed by atoms with Gasteiger partial charge in [0.1, 0.15) is 12.2 Å². The van der Waals surface area contributed by atoms with Crippen molar-refractivity contribution >= 4 is 0 Å². The molecule has 0 saturated carbocycles. The summed E-state index contributed by atoms with van der Waals surface area (Å²) in [6.45, 7) is 8.75. The predicted molar refractivity (Wildman–Crippen MR) is 59.4 cm³/mol. The second-order valence-electron chi connectivity index (χ2n) is 4.09. The fourth-order valence-electron chi connectivity index (χ4n) is 1.38. The third-order valence-corrected chi connectivity index (χ3v) is 2.55. The maximum atomic E-state index is 9.28. The molecule has 1 N–H and O–H groups in total. The fourth-order valence-corrected chi connectivity index (χ4v) is 1.38. The minimum absolute atomic E-state index is 0.0789. The van der Waals surface area contributed by atoms with Crippen molar-refractivity contribution in [1.82, 2.24) is 14.8 Å². The normalized spacial score (nSPS) is 14.9. The van der Waals surface area contributed by atoms with Crippen LogP contribution in [-0.4, -0.2) is 26.5 Å². The summed E-state index contributed by atoms with van der Waals surface area (Å²) in [5, 5.41) is 13.4. The van der Waals surface area contributed by atoms with Crippen molar-refractivity contribution in [2.45, 2.75) is 33.2 Å². The Kier molecular flexibility index (Phi) is 4.03. The third-order valence-electron chi connectivity index (χ3n) is 2.55. The van der Waals surface area contributed by atoms with Crippen molar-refractivity contribution in [2.24, 2.45) is 5.41 Å². The Morgan fingerprint density at radius 3 is 2.93 bits per heavy atom. The lowest BCUT2D eigenvalue weighted by Gasteiger charge is -2.22. The zero-order valence-corrected chi connectivity index (χ0v) is 9.48. The molecule has 4 heteroatoms. The predicted octanol–water partition coefficient (Wildman–Crippen LogP) is 1.42. The molecule has 1 unspecified atom stereocenters. The highest BCUT2D eigenvalue weighted by molar-refractivity contribution is 5.00. The van der Waals surface area contributed by atoms with Crippen molar-refractivity contribution < 1.29 is 5.11 Å². The summed E-state index contributed by atoms with van der Waals surface area (Å²) in [6, 6.07) is 0. The number of hydrogen-bond donors (Lipinski definition) is 1. The van der Waals surface area contributed by atoms with Gasteiger partial charge in [-0.1, -0.05) is 19.9 Å². The van der Waals surface area contributed by atoms with Crippen molar-refractivity contribution in [2.75, 3.05) is 6.61 Å². The highest BCUT2D eigenvalue weighted by Gasteiger charge is 2.22. The summed E-state index contributed by atoms with van der Waals surface area (Å²) in [7, 11) is 0. The van der Waals surface area contributed by atoms with Crippen LogP contribution in [0.4, 0.5) is 0 Å². The molecule has 0 radical (unpaired) electrons. The molecule has 1 rings (SSSR count). The molecule has 0 bridgehead atoms. The van der Waals surface area contributed by atoms with Gasteiger partial charge in [0.05, 0.1) is 6.61 Å². The third kappa shape index (κ3) is 2.89. The highest BCUT2D eigenvalue weighted by atomic mass is 16.3. The molecule has 15 heavy (non-hydrogen) atoms. The van der Waals surface area contributed by atoms with Gasteiger partial charge < -0.3 is 5.11 Å². The Hall–Kier alpha value is -1.16. The molecule has 0 fully saturated rings. The van der Waals surface area contributed by atoms with Crippen LogP contribution in [0, 0.1) is 5.41 Å². The van der Waals surface area contributed by atoms with Crippen LogP contribution in [0.5, 0.6) is 0 Å². The summed E-state index contributed by atoms with van der Waals surface area (Å²) in [6.07, 6.45) is 5.04. The minimum atomic E-state index is -0.307. The molecule has 0 aromatic carbocycles. The fraction of sp³-hybridized carbons (Fsp3) is 0.636. The van der Waals surface area contributed by atoms with Crippen molar-refractivity contribution in [3.8, 4) is 0 Å². The van der Waals surface area contributed by atoms with E-state index < -0.39 is 0 Å². The van der Waals surface area contributed by atoms with Crippen LogP contribution in [0.25, 0.3) is 0 Å². The molecule has 0 aliphatic heterocycles. The molecule has 0 saturated heterocycles. The van der Waals surface area contributed by atoms with Gasteiger partial charge in [-0.05, 0) is 6.42 Å². The van der Waals surface area contributed by atoms with Gasteiger partial charge in [-0.2, -0.15) is 5.10 Å². The SMILES string of the molecule is C=CC(C)(CO)Cc1ncnn1CCC. The van der Waals surface area contributed by atoms with Crippen LogP contribution < -0.4 is 0 Å². The van der Waals surface area contributed by atoms with E-state index in [4.69, 9.17) is 0 Å². The van der Waals surface area contributed by atoms with E-state index in [1.54, 1.807) is 12.4 Å². The first-order valence-electron chi connectivity index (χ1n) is 5.26. The quantitative estimate of drug-likeness (QED) is 0.721. The Labute approximate surface area is 90.6 Å². The number of nitrogens with zero attached hydrogens (tertiary/aromatic N) is 3. The number of aromatic nitrogens is 3. The Balaban J connectivity index is 2.78. The molecule has 1 atom stereocenters. The van der Waals surface area contributed by atoms with E-state index in [-0.39, 0.29) is 12.0 Å². The zero-order valence-electron chi connectivity index (χ0n) is 9.48. The van der Waals surface area contributed by atoms with E-state index in [1.807, 2.05) is 11.6 Å². The molecule has 0 aliphatic carbocycles. The van der Waals surface area contributed by atoms with E-state index in [0.717, 1.165) is 18.8 Å². The molecule has 0 aliphatic rings. The Bertz CT molecular complexity index is 321. The average Bonchev–Trinajstić information content (AvgIpc) is 2.66. The topological polar surface area (TPSA) is 50.9 Å². The summed E-state index contributed by atoms with van der Waals surface area (Å²) in [5.74, 6) is 0.910. The smallest absolute Gasteiger partial charge is 0.138 e. The van der Waals surface area contributed by atoms with Gasteiger partial charge in [-0.15, -0.1) is 6.58 Å². The first-order chi connectivity index (χ1) is 7.15.